The highest BCUT2D eigenvalue weighted by Crippen LogP contribution is 2.20. The van der Waals surface area contributed by atoms with Crippen LogP contribution in [0.1, 0.15) is 7.43 Å². The molecule has 0 aliphatic carbocycles. The number of allylic oxidation sites excluding steroid dienone is 1. The van der Waals surface area contributed by atoms with Gasteiger partial charge in [-0.1, -0.05) is 13.5 Å². The first-order chi connectivity index (χ1) is 15.4. The zero-order valence-corrected chi connectivity index (χ0v) is 18.0. The average Bonchev–Trinajstić information content (AvgIpc) is 3.15. The van der Waals surface area contributed by atoms with Gasteiger partial charge in [0.1, 0.15) is 6.54 Å². The molecule has 0 bridgehead atoms. The normalized spacial score (nSPS) is 13.5. The van der Waals surface area contributed by atoms with Gasteiger partial charge >= 0.3 is 17.8 Å². The summed E-state index contributed by atoms with van der Waals surface area (Å²) in [5, 5.41) is 12.8. The van der Waals surface area contributed by atoms with Gasteiger partial charge in [-0.3, -0.25) is 14.2 Å². The van der Waals surface area contributed by atoms with E-state index in [4.69, 9.17) is 9.90 Å². The molecule has 0 unspecified atom stereocenters. The van der Waals surface area contributed by atoms with Gasteiger partial charge in [0, 0.05) is 46.8 Å². The molecule has 0 atom stereocenters. The van der Waals surface area contributed by atoms with Crippen LogP contribution in [-0.4, -0.2) is 75.1 Å². The number of halogens is 3. The predicted octanol–water partition coefficient (Wildman–Crippen LogP) is -0.492. The van der Waals surface area contributed by atoms with E-state index in [-0.39, 0.29) is 14.0 Å². The Labute approximate surface area is 192 Å². The average molecular weight is 491 g/mol. The van der Waals surface area contributed by atoms with Crippen molar-refractivity contribution in [2.75, 3.05) is 38.1 Å². The zero-order valence-electron chi connectivity index (χ0n) is 18.0. The standard InChI is InChI=1S/C16H23N7O3.C2HF3O2.CH4/c1-4-7-22-12-13(19-15(22)21-8-5-18-6-9-21)20(3)16(26)23(14(12)25)10-11(24)17-2;3-2(4,5)1(6)7;/h4,18H,1,5-10H2,2-3H3,(H,17,24);(H,6,7);1H4. The summed E-state index contributed by atoms with van der Waals surface area (Å²) < 4.78 is 35.7. The number of amides is 1. The van der Waals surface area contributed by atoms with E-state index < -0.39 is 29.3 Å². The molecule has 3 N–H and O–H groups in total. The Morgan fingerprint density at radius 1 is 1.24 bits per heavy atom. The maximum atomic E-state index is 13.0. The monoisotopic (exact) mass is 491 g/mol. The second-order valence-electron chi connectivity index (χ2n) is 6.93. The van der Waals surface area contributed by atoms with Crippen LogP contribution in [0.15, 0.2) is 22.2 Å². The lowest BCUT2D eigenvalue weighted by Gasteiger charge is -2.28. The number of piperazine rings is 1. The number of likely N-dealkylation sites (N-methyl/N-ethyl adjacent to an activating group) is 1. The summed E-state index contributed by atoms with van der Waals surface area (Å²) in [7, 11) is 3.01. The van der Waals surface area contributed by atoms with Crippen molar-refractivity contribution >= 4 is 29.0 Å². The highest BCUT2D eigenvalue weighted by atomic mass is 19.4. The maximum Gasteiger partial charge on any atom is 0.490 e. The second-order valence-corrected chi connectivity index (χ2v) is 6.93. The van der Waals surface area contributed by atoms with Crippen molar-refractivity contribution in [1.82, 2.24) is 29.3 Å². The summed E-state index contributed by atoms with van der Waals surface area (Å²) in [5.74, 6) is -2.54. The van der Waals surface area contributed by atoms with Crippen LogP contribution < -0.4 is 26.8 Å². The molecule has 3 heterocycles. The number of rotatable bonds is 5. The molecule has 0 spiro atoms. The molecule has 1 amide bonds. The summed E-state index contributed by atoms with van der Waals surface area (Å²) >= 11 is 0. The number of nitrogens with one attached hydrogen (secondary N) is 2. The molecular weight excluding hydrogens is 463 g/mol. The Balaban J connectivity index is 0.000000633. The summed E-state index contributed by atoms with van der Waals surface area (Å²) in [6.45, 7) is 6.94. The third-order valence-corrected chi connectivity index (χ3v) is 4.75. The number of aryl methyl sites for hydroxylation is 1. The number of carbonyl (C=O) groups excluding carboxylic acids is 1. The third-order valence-electron chi connectivity index (χ3n) is 4.75. The number of aliphatic carboxylic acids is 1. The van der Waals surface area contributed by atoms with Crippen LogP contribution in [0.5, 0.6) is 0 Å². The number of nitrogens with zero attached hydrogens (tertiary/aromatic N) is 5. The van der Waals surface area contributed by atoms with Crippen LogP contribution in [0.25, 0.3) is 11.2 Å². The summed E-state index contributed by atoms with van der Waals surface area (Å²) in [5.41, 5.74) is -0.489. The quantitative estimate of drug-likeness (QED) is 0.476. The molecule has 12 nitrogen and oxygen atoms in total. The molecular formula is C19H28F3N7O5. The molecule has 34 heavy (non-hydrogen) atoms. The van der Waals surface area contributed by atoms with Crippen molar-refractivity contribution in [2.24, 2.45) is 7.05 Å². The molecule has 1 fully saturated rings. The van der Waals surface area contributed by atoms with E-state index in [1.165, 1.54) is 11.6 Å². The van der Waals surface area contributed by atoms with Gasteiger partial charge < -0.3 is 25.2 Å². The van der Waals surface area contributed by atoms with Gasteiger partial charge in [0.2, 0.25) is 11.9 Å². The van der Waals surface area contributed by atoms with Crippen LogP contribution in [0.2, 0.25) is 0 Å². The molecule has 1 aliphatic rings. The Morgan fingerprint density at radius 2 is 1.79 bits per heavy atom. The fourth-order valence-corrected chi connectivity index (χ4v) is 3.13. The number of hydrogen-bond donors (Lipinski definition) is 3. The van der Waals surface area contributed by atoms with Crippen molar-refractivity contribution in [2.45, 2.75) is 26.7 Å². The first kappa shape index (κ1) is 28.4. The number of anilines is 1. The number of aromatic nitrogens is 4. The topological polar surface area (TPSA) is 143 Å². The van der Waals surface area contributed by atoms with Crippen LogP contribution in [0, 0.1) is 0 Å². The lowest BCUT2D eigenvalue weighted by molar-refractivity contribution is -0.192. The van der Waals surface area contributed by atoms with Crippen LogP contribution in [0.4, 0.5) is 19.1 Å². The predicted molar refractivity (Wildman–Crippen MR) is 119 cm³/mol. The van der Waals surface area contributed by atoms with E-state index in [2.05, 4.69) is 27.1 Å². The van der Waals surface area contributed by atoms with Crippen molar-refractivity contribution in [3.8, 4) is 0 Å². The Hall–Kier alpha value is -3.62. The van der Waals surface area contributed by atoms with E-state index in [9.17, 15) is 27.6 Å². The van der Waals surface area contributed by atoms with Crippen molar-refractivity contribution in [1.29, 1.82) is 0 Å². The van der Waals surface area contributed by atoms with Crippen LogP contribution in [-0.2, 0) is 29.7 Å². The molecule has 1 aliphatic heterocycles. The van der Waals surface area contributed by atoms with E-state index in [0.717, 1.165) is 30.7 Å². The van der Waals surface area contributed by atoms with E-state index in [0.29, 0.717) is 23.7 Å². The molecule has 190 valence electrons. The molecule has 2 aromatic rings. The summed E-state index contributed by atoms with van der Waals surface area (Å²) in [6, 6.07) is 0. The van der Waals surface area contributed by atoms with E-state index in [1.807, 2.05) is 0 Å². The zero-order chi connectivity index (χ0) is 24.9. The number of carbonyl (C=O) groups is 2. The smallest absolute Gasteiger partial charge is 0.475 e. The maximum absolute atomic E-state index is 13.0. The molecule has 0 radical (unpaired) electrons. The largest absolute Gasteiger partial charge is 0.490 e. The fraction of sp³-hybridized carbons (Fsp3) is 0.526. The van der Waals surface area contributed by atoms with Crippen LogP contribution >= 0.6 is 0 Å². The van der Waals surface area contributed by atoms with Gasteiger partial charge in [-0.05, 0) is 0 Å². The lowest BCUT2D eigenvalue weighted by atomic mass is 10.4. The molecule has 15 heteroatoms. The number of alkyl halides is 3. The number of carboxylic acid groups (broad SMARTS) is 1. The van der Waals surface area contributed by atoms with E-state index >= 15 is 0 Å². The van der Waals surface area contributed by atoms with Gasteiger partial charge in [0.15, 0.2) is 11.2 Å². The minimum atomic E-state index is -5.08. The lowest BCUT2D eigenvalue weighted by Crippen LogP contribution is -2.44. The van der Waals surface area contributed by atoms with Gasteiger partial charge in [0.25, 0.3) is 5.56 Å². The number of hydrogen-bond acceptors (Lipinski definition) is 7. The Morgan fingerprint density at radius 3 is 2.26 bits per heavy atom. The summed E-state index contributed by atoms with van der Waals surface area (Å²) in [6.07, 6.45) is -3.40. The van der Waals surface area contributed by atoms with Crippen LogP contribution in [0.3, 0.4) is 0 Å². The molecule has 1 saturated heterocycles. The second kappa shape index (κ2) is 11.5. The van der Waals surface area contributed by atoms with Crippen molar-refractivity contribution < 1.29 is 27.9 Å². The Bertz CT molecular complexity index is 1160. The fourth-order valence-electron chi connectivity index (χ4n) is 3.13. The highest BCUT2D eigenvalue weighted by molar-refractivity contribution is 5.77. The molecule has 2 aromatic heterocycles. The minimum absolute atomic E-state index is 0. The van der Waals surface area contributed by atoms with Gasteiger partial charge in [-0.15, -0.1) is 6.58 Å². The molecule has 0 aromatic carbocycles. The first-order valence-corrected chi connectivity index (χ1v) is 9.71. The molecule has 0 saturated carbocycles. The van der Waals surface area contributed by atoms with Crippen molar-refractivity contribution in [3.63, 3.8) is 0 Å². The first-order valence-electron chi connectivity index (χ1n) is 9.71. The number of carboxylic acids is 1. The van der Waals surface area contributed by atoms with Gasteiger partial charge in [-0.2, -0.15) is 18.2 Å². The van der Waals surface area contributed by atoms with E-state index in [1.54, 1.807) is 17.7 Å². The minimum Gasteiger partial charge on any atom is -0.475 e. The van der Waals surface area contributed by atoms with Gasteiger partial charge in [0.05, 0.1) is 0 Å². The van der Waals surface area contributed by atoms with Gasteiger partial charge in [-0.25, -0.2) is 14.2 Å². The van der Waals surface area contributed by atoms with Crippen molar-refractivity contribution in [3.05, 3.63) is 33.5 Å². The summed E-state index contributed by atoms with van der Waals surface area (Å²) in [4.78, 5) is 52.8. The SMILES string of the molecule is C.C=CCn1c(N2CCNCC2)nc2c1c(=O)n(CC(=O)NC)c(=O)n2C.O=C(O)C(F)(F)F. The number of fused-ring (bicyclic) bond motifs is 1. The Kier molecular flexibility index (Phi) is 9.60. The molecule has 3 rings (SSSR count). The number of imidazole rings is 1. The third kappa shape index (κ3) is 6.03. The highest BCUT2D eigenvalue weighted by Gasteiger charge is 2.38.